The molecular formula is C28H34N4O4. The summed E-state index contributed by atoms with van der Waals surface area (Å²) in [6, 6.07) is 13.4. The van der Waals surface area contributed by atoms with E-state index in [1.54, 1.807) is 36.4 Å². The van der Waals surface area contributed by atoms with E-state index in [2.05, 4.69) is 15.7 Å². The smallest absolute Gasteiger partial charge is 0.342 e. The van der Waals surface area contributed by atoms with Crippen LogP contribution in [0.25, 0.3) is 11.3 Å². The van der Waals surface area contributed by atoms with E-state index in [1.165, 1.54) is 10.7 Å². The van der Waals surface area contributed by atoms with Crippen LogP contribution in [0.5, 0.6) is 11.5 Å². The maximum atomic E-state index is 13.0. The van der Waals surface area contributed by atoms with Gasteiger partial charge in [-0.15, -0.1) is 0 Å². The van der Waals surface area contributed by atoms with Crippen molar-refractivity contribution in [1.29, 1.82) is 0 Å². The lowest BCUT2D eigenvalue weighted by Crippen LogP contribution is -2.37. The van der Waals surface area contributed by atoms with Crippen LogP contribution in [0.3, 0.4) is 0 Å². The highest BCUT2D eigenvalue weighted by Gasteiger charge is 2.26. The van der Waals surface area contributed by atoms with E-state index < -0.39 is 0 Å². The number of anilines is 1. The fourth-order valence-electron chi connectivity index (χ4n) is 4.47. The second kappa shape index (κ2) is 11.3. The minimum Gasteiger partial charge on any atom is -0.507 e. The fourth-order valence-corrected chi connectivity index (χ4v) is 4.47. The molecule has 1 unspecified atom stereocenters. The van der Waals surface area contributed by atoms with Gasteiger partial charge in [0.15, 0.2) is 0 Å². The van der Waals surface area contributed by atoms with Crippen molar-refractivity contribution >= 4 is 17.6 Å². The van der Waals surface area contributed by atoms with E-state index in [0.717, 1.165) is 37.8 Å². The van der Waals surface area contributed by atoms with Crippen LogP contribution in [0.15, 0.2) is 48.5 Å². The first-order valence-electron chi connectivity index (χ1n) is 12.7. The van der Waals surface area contributed by atoms with Crippen molar-refractivity contribution in [1.82, 2.24) is 15.1 Å². The van der Waals surface area contributed by atoms with Crippen LogP contribution in [0.2, 0.25) is 0 Å². The molecule has 0 spiro atoms. The average Bonchev–Trinajstić information content (AvgIpc) is 3.56. The summed E-state index contributed by atoms with van der Waals surface area (Å²) >= 11 is 0. The van der Waals surface area contributed by atoms with Crippen molar-refractivity contribution in [3.05, 3.63) is 59.8 Å². The number of carbonyl (C=O) groups excluding carboxylic acids is 2. The molecular weight excluding hydrogens is 456 g/mol. The number of ether oxygens (including phenoxy) is 1. The Hall–Kier alpha value is -3.81. The fraction of sp³-hybridized carbons (Fsp3) is 0.393. The summed E-state index contributed by atoms with van der Waals surface area (Å²) < 4.78 is 6.88. The van der Waals surface area contributed by atoms with Crippen LogP contribution in [-0.2, 0) is 0 Å². The lowest BCUT2D eigenvalue weighted by Gasteiger charge is -2.15. The minimum atomic E-state index is -0.278. The zero-order valence-corrected chi connectivity index (χ0v) is 21.1. The molecule has 0 saturated heterocycles. The molecule has 36 heavy (non-hydrogen) atoms. The molecule has 1 aliphatic rings. The molecule has 0 radical (unpaired) electrons. The summed E-state index contributed by atoms with van der Waals surface area (Å²) in [6.45, 7) is 6.43. The number of phenolic OH excluding ortho intramolecular Hbond substituents is 1. The highest BCUT2D eigenvalue weighted by Crippen LogP contribution is 2.38. The van der Waals surface area contributed by atoms with Gasteiger partial charge in [-0.3, -0.25) is 4.79 Å². The quantitative estimate of drug-likeness (QED) is 0.340. The van der Waals surface area contributed by atoms with E-state index in [9.17, 15) is 14.7 Å². The molecule has 3 N–H and O–H groups in total. The molecule has 1 aliphatic carbocycles. The Morgan fingerprint density at radius 2 is 1.83 bits per heavy atom. The highest BCUT2D eigenvalue weighted by atomic mass is 16.5. The summed E-state index contributed by atoms with van der Waals surface area (Å²) in [5, 5.41) is 21.1. The van der Waals surface area contributed by atoms with Gasteiger partial charge < -0.3 is 20.5 Å². The Morgan fingerprint density at radius 3 is 2.50 bits per heavy atom. The lowest BCUT2D eigenvalue weighted by molar-refractivity contribution is 0.102. The van der Waals surface area contributed by atoms with E-state index in [-0.39, 0.29) is 29.6 Å². The molecule has 8 nitrogen and oxygen atoms in total. The molecule has 1 aromatic heterocycles. The van der Waals surface area contributed by atoms with Gasteiger partial charge in [0, 0.05) is 28.8 Å². The van der Waals surface area contributed by atoms with Crippen LogP contribution < -0.4 is 15.4 Å². The second-order valence-electron chi connectivity index (χ2n) is 9.25. The van der Waals surface area contributed by atoms with Crippen molar-refractivity contribution < 1.29 is 19.4 Å². The normalized spacial score (nSPS) is 14.4. The summed E-state index contributed by atoms with van der Waals surface area (Å²) in [7, 11) is 0. The Morgan fingerprint density at radius 1 is 1.11 bits per heavy atom. The first-order chi connectivity index (χ1) is 17.4. The van der Waals surface area contributed by atoms with Crippen molar-refractivity contribution in [3.8, 4) is 22.8 Å². The number of carbonyl (C=O) groups is 2. The summed E-state index contributed by atoms with van der Waals surface area (Å²) in [6.07, 6.45) is 5.07. The second-order valence-corrected chi connectivity index (χ2v) is 9.25. The number of nitrogens with one attached hydrogen (secondary N) is 2. The number of rotatable bonds is 8. The van der Waals surface area contributed by atoms with E-state index >= 15 is 0 Å². The number of nitrogens with zero attached hydrogens (tertiary/aromatic N) is 2. The van der Waals surface area contributed by atoms with Gasteiger partial charge in [0.1, 0.15) is 11.5 Å². The minimum absolute atomic E-state index is 0.0242. The Labute approximate surface area is 211 Å². The molecule has 3 aromatic rings. The molecule has 2 aromatic carbocycles. The SMILES string of the molecule is CCOc1ccc(C(=O)Nc2ccc(O)c(-c3cc(C4CCCC4)n(C(=O)NC(C)CC)n3)c2)cc1. The molecule has 1 fully saturated rings. The zero-order valence-electron chi connectivity index (χ0n) is 21.1. The summed E-state index contributed by atoms with van der Waals surface area (Å²) in [4.78, 5) is 25.8. The third-order valence-electron chi connectivity index (χ3n) is 6.64. The van der Waals surface area contributed by atoms with Crippen LogP contribution in [0.1, 0.15) is 74.8 Å². The molecule has 8 heteroatoms. The van der Waals surface area contributed by atoms with Gasteiger partial charge in [-0.1, -0.05) is 19.8 Å². The van der Waals surface area contributed by atoms with Gasteiger partial charge in [0.25, 0.3) is 5.91 Å². The van der Waals surface area contributed by atoms with Crippen molar-refractivity contribution in [2.24, 2.45) is 0 Å². The number of aromatic nitrogens is 2. The number of benzene rings is 2. The topological polar surface area (TPSA) is 105 Å². The standard InChI is InChI=1S/C28H34N4O4/c1-4-18(3)29-28(35)32-25(19-8-6-7-9-19)17-24(31-32)23-16-21(12-15-26(23)33)30-27(34)20-10-13-22(14-11-20)36-5-2/h10-19,33H,4-9H2,1-3H3,(H,29,35)(H,30,34). The molecule has 0 bridgehead atoms. The van der Waals surface area contributed by atoms with Crippen molar-refractivity contribution in [2.75, 3.05) is 11.9 Å². The first-order valence-corrected chi connectivity index (χ1v) is 12.7. The number of hydrogen-bond acceptors (Lipinski definition) is 5. The Balaban J connectivity index is 1.61. The third-order valence-corrected chi connectivity index (χ3v) is 6.64. The lowest BCUT2D eigenvalue weighted by atomic mass is 10.0. The molecule has 2 amide bonds. The number of hydrogen-bond donors (Lipinski definition) is 3. The average molecular weight is 491 g/mol. The van der Waals surface area contributed by atoms with Gasteiger partial charge in [-0.05, 0) is 81.6 Å². The van der Waals surface area contributed by atoms with E-state index in [0.29, 0.717) is 34.9 Å². The number of aromatic hydroxyl groups is 1. The van der Waals surface area contributed by atoms with Crippen LogP contribution >= 0.6 is 0 Å². The monoisotopic (exact) mass is 490 g/mol. The van der Waals surface area contributed by atoms with Gasteiger partial charge in [0.05, 0.1) is 18.0 Å². The first kappa shape index (κ1) is 25.3. The van der Waals surface area contributed by atoms with Crippen molar-refractivity contribution in [3.63, 3.8) is 0 Å². The largest absolute Gasteiger partial charge is 0.507 e. The summed E-state index contributed by atoms with van der Waals surface area (Å²) in [5.41, 5.74) is 2.80. The van der Waals surface area contributed by atoms with E-state index in [4.69, 9.17) is 4.74 Å². The summed E-state index contributed by atoms with van der Waals surface area (Å²) in [5.74, 6) is 0.699. The van der Waals surface area contributed by atoms with Crippen molar-refractivity contribution in [2.45, 2.75) is 64.8 Å². The number of phenols is 1. The molecule has 4 rings (SSSR count). The Kier molecular flexibility index (Phi) is 7.93. The zero-order chi connectivity index (χ0) is 25.7. The van der Waals surface area contributed by atoms with Gasteiger partial charge in [-0.25, -0.2) is 4.79 Å². The maximum absolute atomic E-state index is 13.0. The number of amides is 2. The Bertz CT molecular complexity index is 1210. The maximum Gasteiger partial charge on any atom is 0.342 e. The van der Waals surface area contributed by atoms with Crippen LogP contribution in [-0.4, -0.2) is 39.5 Å². The predicted molar refractivity (Wildman–Crippen MR) is 140 cm³/mol. The molecule has 1 atom stereocenters. The van der Waals surface area contributed by atoms with Gasteiger partial charge >= 0.3 is 6.03 Å². The van der Waals surface area contributed by atoms with Gasteiger partial charge in [0.2, 0.25) is 0 Å². The molecule has 1 saturated carbocycles. The molecule has 190 valence electrons. The van der Waals surface area contributed by atoms with Crippen LogP contribution in [0, 0.1) is 0 Å². The van der Waals surface area contributed by atoms with Crippen LogP contribution in [0.4, 0.5) is 10.5 Å². The molecule has 0 aliphatic heterocycles. The third kappa shape index (κ3) is 5.70. The predicted octanol–water partition coefficient (Wildman–Crippen LogP) is 5.92. The van der Waals surface area contributed by atoms with E-state index in [1.807, 2.05) is 26.8 Å². The molecule has 1 heterocycles. The van der Waals surface area contributed by atoms with Gasteiger partial charge in [-0.2, -0.15) is 9.78 Å². The highest BCUT2D eigenvalue weighted by molar-refractivity contribution is 6.04.